The quantitative estimate of drug-likeness (QED) is 0.900. The maximum atomic E-state index is 5.43. The maximum absolute atomic E-state index is 5.43. The summed E-state index contributed by atoms with van der Waals surface area (Å²) in [6.07, 6.45) is 2.57. The van der Waals surface area contributed by atoms with Gasteiger partial charge in [0.2, 0.25) is 0 Å². The Hall–Kier alpha value is -1.80. The van der Waals surface area contributed by atoms with Gasteiger partial charge in [-0.2, -0.15) is 0 Å². The monoisotopic (exact) mass is 279 g/mol. The van der Waals surface area contributed by atoms with Crippen LogP contribution in [-0.4, -0.2) is 13.7 Å². The molecule has 0 spiro atoms. The highest BCUT2D eigenvalue weighted by molar-refractivity contribution is 5.49. The van der Waals surface area contributed by atoms with E-state index in [1.165, 1.54) is 29.5 Å². The first-order valence-corrected chi connectivity index (χ1v) is 7.84. The molecule has 2 aromatic carbocycles. The molecule has 2 heteroatoms. The van der Waals surface area contributed by atoms with E-state index in [-0.39, 0.29) is 0 Å². The first-order chi connectivity index (χ1) is 10.4. The van der Waals surface area contributed by atoms with E-state index in [0.717, 1.165) is 12.3 Å². The van der Waals surface area contributed by atoms with Crippen LogP contribution < -0.4 is 10.1 Å². The third kappa shape index (κ3) is 2.06. The van der Waals surface area contributed by atoms with Gasteiger partial charge in [0.15, 0.2) is 0 Å². The molecule has 0 radical (unpaired) electrons. The van der Waals surface area contributed by atoms with Crippen molar-refractivity contribution in [2.75, 3.05) is 13.7 Å². The number of piperidine rings is 1. The summed E-state index contributed by atoms with van der Waals surface area (Å²) in [5.74, 6) is 2.15. The molecule has 1 fully saturated rings. The molecule has 2 aliphatic rings. The van der Waals surface area contributed by atoms with Crippen LogP contribution in [0.2, 0.25) is 0 Å². The largest absolute Gasteiger partial charge is 0.497 e. The molecule has 2 aromatic rings. The van der Waals surface area contributed by atoms with Crippen molar-refractivity contribution in [1.82, 2.24) is 5.32 Å². The lowest BCUT2D eigenvalue weighted by molar-refractivity contribution is 0.286. The van der Waals surface area contributed by atoms with E-state index in [1.807, 2.05) is 0 Å². The number of fused-ring (bicyclic) bond motifs is 3. The number of methoxy groups -OCH3 is 1. The third-order valence-corrected chi connectivity index (χ3v) is 5.06. The van der Waals surface area contributed by atoms with Crippen molar-refractivity contribution in [3.05, 3.63) is 65.2 Å². The van der Waals surface area contributed by atoms with Crippen LogP contribution in [0.1, 0.15) is 41.5 Å². The highest BCUT2D eigenvalue weighted by Gasteiger charge is 2.42. The summed E-state index contributed by atoms with van der Waals surface area (Å²) in [6.45, 7) is 1.12. The Bertz CT molecular complexity index is 637. The fourth-order valence-electron chi connectivity index (χ4n) is 4.16. The van der Waals surface area contributed by atoms with Crippen molar-refractivity contribution in [3.8, 4) is 5.75 Å². The molecule has 3 unspecified atom stereocenters. The maximum Gasteiger partial charge on any atom is 0.119 e. The van der Waals surface area contributed by atoms with E-state index in [4.69, 9.17) is 4.74 Å². The highest BCUT2D eigenvalue weighted by atomic mass is 16.5. The number of hydrogen-bond donors (Lipinski definition) is 1. The lowest BCUT2D eigenvalue weighted by Gasteiger charge is -2.31. The van der Waals surface area contributed by atoms with Crippen molar-refractivity contribution in [2.45, 2.75) is 24.8 Å². The molecule has 1 aliphatic heterocycles. The molecular formula is C19H21NO. The number of hydrogen-bond acceptors (Lipinski definition) is 2. The molecule has 1 N–H and O–H groups in total. The molecule has 4 rings (SSSR count). The first kappa shape index (κ1) is 12.9. The Morgan fingerprint density at radius 1 is 1.05 bits per heavy atom. The van der Waals surface area contributed by atoms with Crippen LogP contribution >= 0.6 is 0 Å². The molecular weight excluding hydrogens is 258 g/mol. The third-order valence-electron chi connectivity index (χ3n) is 5.06. The highest BCUT2D eigenvalue weighted by Crippen LogP contribution is 2.52. The van der Waals surface area contributed by atoms with Gasteiger partial charge in [-0.25, -0.2) is 0 Å². The van der Waals surface area contributed by atoms with E-state index in [9.17, 15) is 0 Å². The second-order valence-electron chi connectivity index (χ2n) is 6.12. The zero-order chi connectivity index (χ0) is 14.2. The molecule has 1 heterocycles. The Balaban J connectivity index is 1.84. The summed E-state index contributed by atoms with van der Waals surface area (Å²) in [5, 5.41) is 3.73. The van der Waals surface area contributed by atoms with Gasteiger partial charge >= 0.3 is 0 Å². The first-order valence-electron chi connectivity index (χ1n) is 7.84. The Morgan fingerprint density at radius 3 is 2.71 bits per heavy atom. The minimum absolute atomic E-state index is 0.481. The van der Waals surface area contributed by atoms with Gasteiger partial charge in [-0.1, -0.05) is 36.4 Å². The molecule has 21 heavy (non-hydrogen) atoms. The molecule has 2 nitrogen and oxygen atoms in total. The Morgan fingerprint density at radius 2 is 1.90 bits per heavy atom. The molecule has 0 bridgehead atoms. The lowest BCUT2D eigenvalue weighted by Crippen LogP contribution is -2.32. The molecule has 108 valence electrons. The van der Waals surface area contributed by atoms with Crippen molar-refractivity contribution in [3.63, 3.8) is 0 Å². The standard InChI is InChI=1S/C19H21NO/c1-21-14-9-10-15-17(12-14)19-16(8-5-11-20-19)18(15)13-6-3-2-4-7-13/h2-4,6-7,9-10,12,16,18-20H,5,8,11H2,1H3. The molecule has 1 aliphatic carbocycles. The molecule has 0 aromatic heterocycles. The molecule has 0 amide bonds. The van der Waals surface area contributed by atoms with E-state index in [2.05, 4.69) is 53.8 Å². The van der Waals surface area contributed by atoms with E-state index in [0.29, 0.717) is 17.9 Å². The van der Waals surface area contributed by atoms with Gasteiger partial charge in [-0.05, 0) is 54.1 Å². The lowest BCUT2D eigenvalue weighted by atomic mass is 9.80. The number of nitrogens with one attached hydrogen (secondary N) is 1. The van der Waals surface area contributed by atoms with Crippen LogP contribution in [0.25, 0.3) is 0 Å². The van der Waals surface area contributed by atoms with Crippen LogP contribution in [0.5, 0.6) is 5.75 Å². The van der Waals surface area contributed by atoms with E-state index < -0.39 is 0 Å². The summed E-state index contributed by atoms with van der Waals surface area (Å²) in [5.41, 5.74) is 4.36. The summed E-state index contributed by atoms with van der Waals surface area (Å²) in [4.78, 5) is 0. The summed E-state index contributed by atoms with van der Waals surface area (Å²) in [6, 6.07) is 18.0. The minimum Gasteiger partial charge on any atom is -0.497 e. The SMILES string of the molecule is COc1ccc2c(c1)C1NCCCC1C2c1ccccc1. The smallest absolute Gasteiger partial charge is 0.119 e. The normalized spacial score (nSPS) is 27.0. The van der Waals surface area contributed by atoms with Gasteiger partial charge in [-0.3, -0.25) is 0 Å². The number of ether oxygens (including phenoxy) is 1. The van der Waals surface area contributed by atoms with Gasteiger partial charge in [-0.15, -0.1) is 0 Å². The van der Waals surface area contributed by atoms with Gasteiger partial charge in [0.25, 0.3) is 0 Å². The topological polar surface area (TPSA) is 21.3 Å². The van der Waals surface area contributed by atoms with Gasteiger partial charge in [0, 0.05) is 12.0 Å². The van der Waals surface area contributed by atoms with Crippen LogP contribution in [0.15, 0.2) is 48.5 Å². The van der Waals surface area contributed by atoms with Crippen molar-refractivity contribution >= 4 is 0 Å². The van der Waals surface area contributed by atoms with Crippen molar-refractivity contribution in [2.24, 2.45) is 5.92 Å². The van der Waals surface area contributed by atoms with Crippen LogP contribution in [0, 0.1) is 5.92 Å². The zero-order valence-electron chi connectivity index (χ0n) is 12.4. The van der Waals surface area contributed by atoms with E-state index in [1.54, 1.807) is 7.11 Å². The van der Waals surface area contributed by atoms with Crippen LogP contribution in [0.4, 0.5) is 0 Å². The fraction of sp³-hybridized carbons (Fsp3) is 0.368. The minimum atomic E-state index is 0.481. The van der Waals surface area contributed by atoms with Crippen LogP contribution in [-0.2, 0) is 0 Å². The zero-order valence-corrected chi connectivity index (χ0v) is 12.4. The summed E-state index contributed by atoms with van der Waals surface area (Å²) in [7, 11) is 1.75. The van der Waals surface area contributed by atoms with Crippen LogP contribution in [0.3, 0.4) is 0 Å². The average molecular weight is 279 g/mol. The predicted molar refractivity (Wildman–Crippen MR) is 84.7 cm³/mol. The van der Waals surface area contributed by atoms with Crippen molar-refractivity contribution in [1.29, 1.82) is 0 Å². The Kier molecular flexibility index (Phi) is 3.19. The van der Waals surface area contributed by atoms with Gasteiger partial charge in [0.05, 0.1) is 7.11 Å². The summed E-state index contributed by atoms with van der Waals surface area (Å²) >= 11 is 0. The van der Waals surface area contributed by atoms with Gasteiger partial charge in [0.1, 0.15) is 5.75 Å². The second kappa shape index (κ2) is 5.19. The molecule has 0 saturated carbocycles. The Labute approximate surface area is 126 Å². The molecule has 1 saturated heterocycles. The van der Waals surface area contributed by atoms with E-state index >= 15 is 0 Å². The predicted octanol–water partition coefficient (Wildman–Crippen LogP) is 3.88. The number of benzene rings is 2. The average Bonchev–Trinajstić information content (AvgIpc) is 2.89. The molecule has 3 atom stereocenters. The second-order valence-corrected chi connectivity index (χ2v) is 6.12. The fourth-order valence-corrected chi connectivity index (χ4v) is 4.16. The summed E-state index contributed by atoms with van der Waals surface area (Å²) < 4.78 is 5.43. The van der Waals surface area contributed by atoms with Gasteiger partial charge < -0.3 is 10.1 Å². The van der Waals surface area contributed by atoms with Crippen molar-refractivity contribution < 1.29 is 4.74 Å². The number of rotatable bonds is 2.